The molecular formula is C11H14ClN3O2S. The molecule has 98 valence electrons. The lowest BCUT2D eigenvalue weighted by Gasteiger charge is -2.18. The SMILES string of the molecule is CN(CC(=O)NNC(=O)CS)c1ccc(Cl)cc1. The molecule has 0 aliphatic rings. The van der Waals surface area contributed by atoms with Crippen LogP contribution in [0.15, 0.2) is 24.3 Å². The number of hydrogen-bond donors (Lipinski definition) is 3. The smallest absolute Gasteiger partial charge is 0.257 e. The fourth-order valence-electron chi connectivity index (χ4n) is 1.22. The summed E-state index contributed by atoms with van der Waals surface area (Å²) in [6, 6.07) is 7.10. The number of nitrogens with one attached hydrogen (secondary N) is 2. The molecule has 5 nitrogen and oxygen atoms in total. The number of nitrogens with zero attached hydrogens (tertiary/aromatic N) is 1. The summed E-state index contributed by atoms with van der Waals surface area (Å²) in [4.78, 5) is 24.1. The van der Waals surface area contributed by atoms with Gasteiger partial charge in [-0.25, -0.2) is 0 Å². The Morgan fingerprint density at radius 2 is 1.78 bits per heavy atom. The van der Waals surface area contributed by atoms with E-state index in [2.05, 4.69) is 23.5 Å². The maximum Gasteiger partial charge on any atom is 0.257 e. The molecule has 2 amide bonds. The van der Waals surface area contributed by atoms with Crippen LogP contribution in [0.4, 0.5) is 5.69 Å². The number of anilines is 1. The number of carbonyl (C=O) groups is 2. The zero-order valence-electron chi connectivity index (χ0n) is 9.81. The Morgan fingerprint density at radius 1 is 1.22 bits per heavy atom. The molecule has 0 atom stereocenters. The summed E-state index contributed by atoms with van der Waals surface area (Å²) in [6.45, 7) is 0.120. The van der Waals surface area contributed by atoms with E-state index in [1.807, 2.05) is 12.1 Å². The molecule has 0 radical (unpaired) electrons. The van der Waals surface area contributed by atoms with Crippen molar-refractivity contribution in [3.05, 3.63) is 29.3 Å². The number of amides is 2. The van der Waals surface area contributed by atoms with Crippen molar-refractivity contribution in [2.75, 3.05) is 24.2 Å². The molecule has 0 fully saturated rings. The molecule has 1 rings (SSSR count). The highest BCUT2D eigenvalue weighted by Crippen LogP contribution is 2.16. The first-order chi connectivity index (χ1) is 8.52. The third-order valence-electron chi connectivity index (χ3n) is 2.13. The van der Waals surface area contributed by atoms with Crippen molar-refractivity contribution >= 4 is 41.7 Å². The van der Waals surface area contributed by atoms with E-state index in [1.165, 1.54) is 0 Å². The molecule has 0 bridgehead atoms. The van der Waals surface area contributed by atoms with Crippen LogP contribution in [0.3, 0.4) is 0 Å². The van der Waals surface area contributed by atoms with Crippen molar-refractivity contribution < 1.29 is 9.59 Å². The molecule has 0 aliphatic heterocycles. The number of thiol groups is 1. The highest BCUT2D eigenvalue weighted by Gasteiger charge is 2.08. The minimum absolute atomic E-state index is 0.0211. The Morgan fingerprint density at radius 3 is 2.33 bits per heavy atom. The largest absolute Gasteiger partial charge is 0.365 e. The topological polar surface area (TPSA) is 61.4 Å². The predicted octanol–water partition coefficient (Wildman–Crippen LogP) is 0.853. The lowest BCUT2D eigenvalue weighted by atomic mass is 10.3. The molecule has 7 heteroatoms. The first kappa shape index (κ1) is 14.7. The molecule has 0 spiro atoms. The normalized spacial score (nSPS) is 9.72. The molecule has 1 aromatic carbocycles. The molecule has 18 heavy (non-hydrogen) atoms. The fraction of sp³-hybridized carbons (Fsp3) is 0.273. The predicted molar refractivity (Wildman–Crippen MR) is 74.9 cm³/mol. The molecule has 0 heterocycles. The van der Waals surface area contributed by atoms with Gasteiger partial charge in [0.2, 0.25) is 5.91 Å². The van der Waals surface area contributed by atoms with Gasteiger partial charge in [-0.15, -0.1) is 0 Å². The number of hydrazine groups is 1. The van der Waals surface area contributed by atoms with Crippen molar-refractivity contribution in [2.24, 2.45) is 0 Å². The van der Waals surface area contributed by atoms with E-state index in [0.717, 1.165) is 5.69 Å². The van der Waals surface area contributed by atoms with Gasteiger partial charge >= 0.3 is 0 Å². The molecular weight excluding hydrogens is 274 g/mol. The van der Waals surface area contributed by atoms with E-state index >= 15 is 0 Å². The molecule has 1 aromatic rings. The van der Waals surface area contributed by atoms with Crippen molar-refractivity contribution in [3.63, 3.8) is 0 Å². The van der Waals surface area contributed by atoms with Crippen LogP contribution in [0, 0.1) is 0 Å². The average molecular weight is 288 g/mol. The van der Waals surface area contributed by atoms with E-state index in [-0.39, 0.29) is 24.1 Å². The van der Waals surface area contributed by atoms with E-state index in [0.29, 0.717) is 5.02 Å². The summed E-state index contributed by atoms with van der Waals surface area (Å²) < 4.78 is 0. The summed E-state index contributed by atoms with van der Waals surface area (Å²) >= 11 is 9.54. The van der Waals surface area contributed by atoms with Crippen molar-refractivity contribution in [1.82, 2.24) is 10.9 Å². The van der Waals surface area contributed by atoms with Crippen LogP contribution in [0.2, 0.25) is 5.02 Å². The Bertz CT molecular complexity index is 425. The Hall–Kier alpha value is -1.40. The van der Waals surface area contributed by atoms with Crippen LogP contribution in [0.5, 0.6) is 0 Å². The number of hydrogen-bond acceptors (Lipinski definition) is 4. The number of carbonyl (C=O) groups excluding carboxylic acids is 2. The highest BCUT2D eigenvalue weighted by molar-refractivity contribution is 7.81. The Kier molecular flexibility index (Phi) is 5.80. The lowest BCUT2D eigenvalue weighted by molar-refractivity contribution is -0.126. The number of benzene rings is 1. The summed E-state index contributed by atoms with van der Waals surface area (Å²) in [6.07, 6.45) is 0. The third kappa shape index (κ3) is 4.85. The van der Waals surface area contributed by atoms with Gasteiger partial charge in [0.25, 0.3) is 5.91 Å². The Balaban J connectivity index is 2.44. The van der Waals surface area contributed by atoms with E-state index in [1.54, 1.807) is 24.1 Å². The van der Waals surface area contributed by atoms with Crippen molar-refractivity contribution in [3.8, 4) is 0 Å². The zero-order chi connectivity index (χ0) is 13.5. The van der Waals surface area contributed by atoms with Crippen molar-refractivity contribution in [2.45, 2.75) is 0 Å². The summed E-state index contributed by atoms with van der Waals surface area (Å²) in [5, 5.41) is 0.637. The first-order valence-electron chi connectivity index (χ1n) is 5.18. The average Bonchev–Trinajstić information content (AvgIpc) is 2.36. The maximum atomic E-state index is 11.5. The second-order valence-corrected chi connectivity index (χ2v) is 4.34. The van der Waals surface area contributed by atoms with Gasteiger partial charge in [0.1, 0.15) is 0 Å². The number of rotatable bonds is 4. The van der Waals surface area contributed by atoms with Gasteiger partial charge in [0.15, 0.2) is 0 Å². The van der Waals surface area contributed by atoms with E-state index in [4.69, 9.17) is 11.6 Å². The van der Waals surface area contributed by atoms with Gasteiger partial charge in [-0.3, -0.25) is 20.4 Å². The van der Waals surface area contributed by atoms with Crippen molar-refractivity contribution in [1.29, 1.82) is 0 Å². The number of likely N-dealkylation sites (N-methyl/N-ethyl adjacent to an activating group) is 1. The summed E-state index contributed by atoms with van der Waals surface area (Å²) in [5.41, 5.74) is 5.38. The first-order valence-corrected chi connectivity index (χ1v) is 6.19. The van der Waals surface area contributed by atoms with E-state index < -0.39 is 0 Å². The molecule has 0 saturated carbocycles. The summed E-state index contributed by atoms with van der Waals surface area (Å²) in [7, 11) is 1.77. The van der Waals surface area contributed by atoms with Crippen LogP contribution >= 0.6 is 24.2 Å². The standard InChI is InChI=1S/C11H14ClN3O2S/c1-15(9-4-2-8(12)3-5-9)6-10(16)13-14-11(17)7-18/h2-5,18H,6-7H2,1H3,(H,13,16)(H,14,17). The molecule has 2 N–H and O–H groups in total. The monoisotopic (exact) mass is 287 g/mol. The Labute approximate surface area is 116 Å². The minimum atomic E-state index is -0.360. The third-order valence-corrected chi connectivity index (χ3v) is 2.67. The fourth-order valence-corrected chi connectivity index (χ4v) is 1.43. The van der Waals surface area contributed by atoms with Gasteiger partial charge in [0.05, 0.1) is 12.3 Å². The van der Waals surface area contributed by atoms with Crippen LogP contribution in [-0.4, -0.2) is 31.2 Å². The van der Waals surface area contributed by atoms with Gasteiger partial charge in [-0.1, -0.05) is 11.6 Å². The van der Waals surface area contributed by atoms with Gasteiger partial charge in [-0.05, 0) is 24.3 Å². The van der Waals surface area contributed by atoms with Gasteiger partial charge in [0, 0.05) is 17.8 Å². The van der Waals surface area contributed by atoms with Gasteiger partial charge < -0.3 is 4.90 Å². The molecule has 0 unspecified atom stereocenters. The van der Waals surface area contributed by atoms with Crippen LogP contribution < -0.4 is 15.8 Å². The van der Waals surface area contributed by atoms with Gasteiger partial charge in [-0.2, -0.15) is 12.6 Å². The highest BCUT2D eigenvalue weighted by atomic mass is 35.5. The van der Waals surface area contributed by atoms with Crippen LogP contribution in [-0.2, 0) is 9.59 Å². The van der Waals surface area contributed by atoms with E-state index in [9.17, 15) is 9.59 Å². The summed E-state index contributed by atoms with van der Waals surface area (Å²) in [5.74, 6) is -0.656. The molecule has 0 saturated heterocycles. The minimum Gasteiger partial charge on any atom is -0.365 e. The quantitative estimate of drug-likeness (QED) is 0.568. The lowest BCUT2D eigenvalue weighted by Crippen LogP contribution is -2.46. The van der Waals surface area contributed by atoms with Crippen LogP contribution in [0.1, 0.15) is 0 Å². The second-order valence-electron chi connectivity index (χ2n) is 3.59. The zero-order valence-corrected chi connectivity index (χ0v) is 11.5. The van der Waals surface area contributed by atoms with Crippen LogP contribution in [0.25, 0.3) is 0 Å². The molecule has 0 aromatic heterocycles. The number of halogens is 1. The second kappa shape index (κ2) is 7.13. The maximum absolute atomic E-state index is 11.5. The molecule has 0 aliphatic carbocycles.